The summed E-state index contributed by atoms with van der Waals surface area (Å²) in [5.74, 6) is 1.12. The zero-order valence-corrected chi connectivity index (χ0v) is 11.5. The fourth-order valence-electron chi connectivity index (χ4n) is 2.54. The van der Waals surface area contributed by atoms with E-state index < -0.39 is 0 Å². The Balaban J connectivity index is 2.27. The van der Waals surface area contributed by atoms with Gasteiger partial charge in [-0.1, -0.05) is 12.1 Å². The molecule has 5 heteroatoms. The lowest BCUT2D eigenvalue weighted by molar-refractivity contribution is 0.190. The molecule has 104 valence electrons. The Hall–Kier alpha value is -1.75. The maximum atomic E-state index is 12.3. The average Bonchev–Trinajstić information content (AvgIpc) is 2.43. The predicted octanol–water partition coefficient (Wildman–Crippen LogP) is 1.53. The zero-order chi connectivity index (χ0) is 13.8. The number of rotatable bonds is 4. The molecule has 1 aliphatic rings. The monoisotopic (exact) mass is 263 g/mol. The van der Waals surface area contributed by atoms with E-state index in [9.17, 15) is 4.79 Å². The molecule has 1 aliphatic heterocycles. The van der Waals surface area contributed by atoms with Crippen LogP contribution in [0.25, 0.3) is 0 Å². The van der Waals surface area contributed by atoms with Gasteiger partial charge in [0.05, 0.1) is 12.8 Å². The molecule has 19 heavy (non-hydrogen) atoms. The first-order valence-electron chi connectivity index (χ1n) is 6.53. The number of carbonyl (C=O) groups excluding carboxylic acids is 1. The van der Waals surface area contributed by atoms with Gasteiger partial charge in [0, 0.05) is 20.1 Å². The van der Waals surface area contributed by atoms with Gasteiger partial charge in [-0.25, -0.2) is 4.79 Å². The number of anilines is 1. The molecule has 1 saturated heterocycles. The van der Waals surface area contributed by atoms with Gasteiger partial charge in [0.1, 0.15) is 5.75 Å². The number of benzene rings is 1. The minimum Gasteiger partial charge on any atom is -0.495 e. The number of ether oxygens (including phenoxy) is 1. The summed E-state index contributed by atoms with van der Waals surface area (Å²) in [4.78, 5) is 15.8. The molecule has 1 atom stereocenters. The van der Waals surface area contributed by atoms with Crippen molar-refractivity contribution in [3.05, 3.63) is 24.3 Å². The number of para-hydroxylation sites is 2. The normalized spacial score (nSPS) is 19.7. The number of hydrogen-bond donors (Lipinski definition) is 1. The predicted molar refractivity (Wildman–Crippen MR) is 75.5 cm³/mol. The van der Waals surface area contributed by atoms with E-state index in [0.29, 0.717) is 19.0 Å². The van der Waals surface area contributed by atoms with Crippen LogP contribution in [0.2, 0.25) is 0 Å². The molecule has 5 nitrogen and oxygen atoms in total. The SMILES string of the molecule is COc1ccccc1N1CC(CCN)CN(C)C1=O. The van der Waals surface area contributed by atoms with Gasteiger partial charge in [0.25, 0.3) is 0 Å². The van der Waals surface area contributed by atoms with Crippen LogP contribution in [0.3, 0.4) is 0 Å². The van der Waals surface area contributed by atoms with Crippen LogP contribution in [0.5, 0.6) is 5.75 Å². The molecule has 0 bridgehead atoms. The lowest BCUT2D eigenvalue weighted by Gasteiger charge is -2.38. The van der Waals surface area contributed by atoms with Crippen molar-refractivity contribution in [1.29, 1.82) is 0 Å². The Kier molecular flexibility index (Phi) is 4.27. The topological polar surface area (TPSA) is 58.8 Å². The van der Waals surface area contributed by atoms with Crippen molar-refractivity contribution >= 4 is 11.7 Å². The molecule has 2 rings (SSSR count). The molecule has 1 fully saturated rings. The summed E-state index contributed by atoms with van der Waals surface area (Å²) in [5.41, 5.74) is 6.46. The van der Waals surface area contributed by atoms with E-state index in [1.807, 2.05) is 31.3 Å². The van der Waals surface area contributed by atoms with Gasteiger partial charge in [-0.3, -0.25) is 4.90 Å². The molecule has 1 heterocycles. The van der Waals surface area contributed by atoms with Crippen molar-refractivity contribution in [2.75, 3.05) is 38.7 Å². The van der Waals surface area contributed by atoms with Crippen LogP contribution in [-0.2, 0) is 0 Å². The first kappa shape index (κ1) is 13.7. The molecule has 0 radical (unpaired) electrons. The number of nitrogens with two attached hydrogens (primary N) is 1. The van der Waals surface area contributed by atoms with Crippen LogP contribution in [0, 0.1) is 5.92 Å². The van der Waals surface area contributed by atoms with Gasteiger partial charge in [0.15, 0.2) is 0 Å². The minimum absolute atomic E-state index is 0.0118. The Morgan fingerprint density at radius 1 is 1.37 bits per heavy atom. The van der Waals surface area contributed by atoms with E-state index in [1.54, 1.807) is 16.9 Å². The van der Waals surface area contributed by atoms with Gasteiger partial charge in [-0.05, 0) is 31.0 Å². The lowest BCUT2D eigenvalue weighted by atomic mass is 10.0. The molecular formula is C14H21N3O2. The van der Waals surface area contributed by atoms with Crippen LogP contribution >= 0.6 is 0 Å². The highest BCUT2D eigenvalue weighted by molar-refractivity contribution is 5.94. The van der Waals surface area contributed by atoms with Crippen LogP contribution in [0.1, 0.15) is 6.42 Å². The smallest absolute Gasteiger partial charge is 0.324 e. The third-order valence-electron chi connectivity index (χ3n) is 3.48. The highest BCUT2D eigenvalue weighted by Crippen LogP contribution is 2.31. The van der Waals surface area contributed by atoms with Gasteiger partial charge >= 0.3 is 6.03 Å². The zero-order valence-electron chi connectivity index (χ0n) is 11.5. The molecule has 1 aromatic rings. The summed E-state index contributed by atoms with van der Waals surface area (Å²) in [7, 11) is 3.45. The highest BCUT2D eigenvalue weighted by atomic mass is 16.5. The van der Waals surface area contributed by atoms with Crippen molar-refractivity contribution in [1.82, 2.24) is 4.90 Å². The Morgan fingerprint density at radius 2 is 2.11 bits per heavy atom. The van der Waals surface area contributed by atoms with E-state index in [4.69, 9.17) is 10.5 Å². The van der Waals surface area contributed by atoms with E-state index in [2.05, 4.69) is 0 Å². The summed E-state index contributed by atoms with van der Waals surface area (Å²) in [6, 6.07) is 7.61. The Bertz CT molecular complexity index is 450. The van der Waals surface area contributed by atoms with Crippen molar-refractivity contribution in [3.8, 4) is 5.75 Å². The lowest BCUT2D eigenvalue weighted by Crippen LogP contribution is -2.52. The second kappa shape index (κ2) is 5.93. The molecule has 1 aromatic carbocycles. The second-order valence-corrected chi connectivity index (χ2v) is 4.89. The van der Waals surface area contributed by atoms with Crippen LogP contribution < -0.4 is 15.4 Å². The highest BCUT2D eigenvalue weighted by Gasteiger charge is 2.31. The van der Waals surface area contributed by atoms with E-state index in [0.717, 1.165) is 24.4 Å². The van der Waals surface area contributed by atoms with Crippen molar-refractivity contribution < 1.29 is 9.53 Å². The number of urea groups is 1. The molecule has 1 unspecified atom stereocenters. The summed E-state index contributed by atoms with van der Waals surface area (Å²) in [6.07, 6.45) is 0.920. The largest absolute Gasteiger partial charge is 0.495 e. The summed E-state index contributed by atoms with van der Waals surface area (Å²) in [6.45, 7) is 2.11. The number of methoxy groups -OCH3 is 1. The van der Waals surface area contributed by atoms with E-state index >= 15 is 0 Å². The first-order chi connectivity index (χ1) is 9.17. The fraction of sp³-hybridized carbons (Fsp3) is 0.500. The molecule has 0 aliphatic carbocycles. The molecule has 0 aromatic heterocycles. The van der Waals surface area contributed by atoms with Gasteiger partial charge in [-0.2, -0.15) is 0 Å². The quantitative estimate of drug-likeness (QED) is 0.896. The number of amides is 2. The van der Waals surface area contributed by atoms with Crippen molar-refractivity contribution in [2.45, 2.75) is 6.42 Å². The molecular weight excluding hydrogens is 242 g/mol. The Morgan fingerprint density at radius 3 is 2.79 bits per heavy atom. The molecule has 2 N–H and O–H groups in total. The maximum absolute atomic E-state index is 12.3. The van der Waals surface area contributed by atoms with Crippen molar-refractivity contribution in [2.24, 2.45) is 11.7 Å². The average molecular weight is 263 g/mol. The summed E-state index contributed by atoms with van der Waals surface area (Å²) < 4.78 is 5.34. The van der Waals surface area contributed by atoms with Gasteiger partial charge < -0.3 is 15.4 Å². The molecule has 0 spiro atoms. The van der Waals surface area contributed by atoms with Crippen LogP contribution in [0.4, 0.5) is 10.5 Å². The Labute approximate surface area is 113 Å². The standard InChI is InChI=1S/C14H21N3O2/c1-16-9-11(7-8-15)10-17(14(16)18)12-5-3-4-6-13(12)19-2/h3-6,11H,7-10,15H2,1-2H3. The number of carbonyl (C=O) groups is 1. The summed E-state index contributed by atoms with van der Waals surface area (Å²) >= 11 is 0. The van der Waals surface area contributed by atoms with Crippen molar-refractivity contribution in [3.63, 3.8) is 0 Å². The van der Waals surface area contributed by atoms with Gasteiger partial charge in [-0.15, -0.1) is 0 Å². The van der Waals surface area contributed by atoms with Gasteiger partial charge in [0.2, 0.25) is 0 Å². The first-order valence-corrected chi connectivity index (χ1v) is 6.53. The van der Waals surface area contributed by atoms with Crippen LogP contribution in [-0.4, -0.2) is 44.7 Å². The van der Waals surface area contributed by atoms with E-state index in [1.165, 1.54) is 0 Å². The third kappa shape index (κ3) is 2.81. The molecule has 0 saturated carbocycles. The van der Waals surface area contributed by atoms with Crippen LogP contribution in [0.15, 0.2) is 24.3 Å². The second-order valence-electron chi connectivity index (χ2n) is 4.89. The number of hydrogen-bond acceptors (Lipinski definition) is 3. The third-order valence-corrected chi connectivity index (χ3v) is 3.48. The number of nitrogens with zero attached hydrogens (tertiary/aromatic N) is 2. The summed E-state index contributed by atoms with van der Waals surface area (Å²) in [5, 5.41) is 0. The fourth-order valence-corrected chi connectivity index (χ4v) is 2.54. The maximum Gasteiger partial charge on any atom is 0.324 e. The minimum atomic E-state index is 0.0118. The molecule has 2 amide bonds. The van der Waals surface area contributed by atoms with E-state index in [-0.39, 0.29) is 6.03 Å².